The highest BCUT2D eigenvalue weighted by Gasteiger charge is 2.23. The number of sulfonamides is 1. The van der Waals surface area contributed by atoms with E-state index in [1.165, 1.54) is 24.8 Å². The van der Waals surface area contributed by atoms with Gasteiger partial charge in [0.05, 0.1) is 20.3 Å². The van der Waals surface area contributed by atoms with Crippen LogP contribution in [0.3, 0.4) is 0 Å². The molecule has 3 aromatic heterocycles. The van der Waals surface area contributed by atoms with Gasteiger partial charge in [0.15, 0.2) is 0 Å². The molecule has 3 heterocycles. The lowest BCUT2D eigenvalue weighted by atomic mass is 10.4. The smallest absolute Gasteiger partial charge is 0.301 e. The van der Waals surface area contributed by atoms with Crippen molar-refractivity contribution in [1.29, 1.82) is 0 Å². The average molecular weight is 365 g/mol. The number of aryl methyl sites for hydroxylation is 2. The van der Waals surface area contributed by atoms with E-state index in [0.29, 0.717) is 11.4 Å². The molecule has 3 rings (SSSR count). The number of nitrogens with zero attached hydrogens (tertiary/aromatic N) is 6. The van der Waals surface area contributed by atoms with Gasteiger partial charge in [-0.2, -0.15) is 23.4 Å². The highest BCUT2D eigenvalue weighted by atomic mass is 32.2. The molecule has 0 saturated heterocycles. The second kappa shape index (κ2) is 6.12. The van der Waals surface area contributed by atoms with E-state index in [2.05, 4.69) is 29.8 Å². The minimum absolute atomic E-state index is 0.139. The summed E-state index contributed by atoms with van der Waals surface area (Å²) < 4.78 is 38.6. The fraction of sp³-hybridized carbons (Fsp3) is 0.308. The summed E-state index contributed by atoms with van der Waals surface area (Å²) in [6.07, 6.45) is 0. The summed E-state index contributed by atoms with van der Waals surface area (Å²) in [7, 11) is -1.35. The second-order valence-corrected chi connectivity index (χ2v) is 6.60. The van der Waals surface area contributed by atoms with E-state index >= 15 is 0 Å². The zero-order valence-electron chi connectivity index (χ0n) is 13.9. The third-order valence-corrected chi connectivity index (χ3v) is 4.27. The molecule has 1 N–H and O–H groups in total. The molecule has 0 aliphatic heterocycles. The third-order valence-electron chi connectivity index (χ3n) is 3.16. The number of ether oxygens (including phenoxy) is 2. The number of hydrogen-bond acceptors (Lipinski definition) is 9. The number of methoxy groups -OCH3 is 2. The Labute approximate surface area is 143 Å². The Morgan fingerprint density at radius 2 is 1.64 bits per heavy atom. The largest absolute Gasteiger partial charge is 0.481 e. The van der Waals surface area contributed by atoms with E-state index < -0.39 is 15.2 Å². The van der Waals surface area contributed by atoms with Crippen LogP contribution in [0, 0.1) is 13.8 Å². The Kier molecular flexibility index (Phi) is 4.12. The molecular formula is C13H15N7O4S. The van der Waals surface area contributed by atoms with Crippen LogP contribution in [-0.4, -0.2) is 52.2 Å². The van der Waals surface area contributed by atoms with Crippen molar-refractivity contribution < 1.29 is 17.9 Å². The summed E-state index contributed by atoms with van der Waals surface area (Å²) in [5.41, 5.74) is 1.41. The zero-order valence-corrected chi connectivity index (χ0v) is 14.7. The van der Waals surface area contributed by atoms with Gasteiger partial charge in [-0.05, 0) is 19.9 Å². The van der Waals surface area contributed by atoms with Gasteiger partial charge in [-0.15, -0.1) is 5.10 Å². The summed E-state index contributed by atoms with van der Waals surface area (Å²) in [4.78, 5) is 15.9. The summed E-state index contributed by atoms with van der Waals surface area (Å²) in [5.74, 6) is 0.235. The molecule has 3 aromatic rings. The normalized spacial score (nSPS) is 11.5. The van der Waals surface area contributed by atoms with Crippen molar-refractivity contribution in [3.8, 4) is 11.8 Å². The predicted octanol–water partition coefficient (Wildman–Crippen LogP) is 0.349. The lowest BCUT2D eigenvalue weighted by Gasteiger charge is -2.07. The second-order valence-electron chi connectivity index (χ2n) is 5.03. The standard InChI is InChI=1S/C13H15N7O4S/c1-7-5-8(2)20-12(14-7)17-13(18-20)25(21,22)19-11-15-9(23-3)6-10(16-11)24-4/h5-6H,1-4H3,(H,15,16,19). The number of nitrogens with one attached hydrogen (secondary N) is 1. The average Bonchev–Trinajstić information content (AvgIpc) is 2.99. The summed E-state index contributed by atoms with van der Waals surface area (Å²) >= 11 is 0. The molecule has 0 saturated carbocycles. The van der Waals surface area contributed by atoms with Gasteiger partial charge < -0.3 is 9.47 Å². The topological polar surface area (TPSA) is 133 Å². The van der Waals surface area contributed by atoms with Crippen LogP contribution in [0.25, 0.3) is 5.78 Å². The molecule has 0 aromatic carbocycles. The van der Waals surface area contributed by atoms with Crippen molar-refractivity contribution in [2.24, 2.45) is 0 Å². The Balaban J connectivity index is 2.01. The quantitative estimate of drug-likeness (QED) is 0.679. The lowest BCUT2D eigenvalue weighted by molar-refractivity contribution is 0.373. The van der Waals surface area contributed by atoms with Crippen molar-refractivity contribution in [1.82, 2.24) is 29.5 Å². The Morgan fingerprint density at radius 1 is 1.00 bits per heavy atom. The van der Waals surface area contributed by atoms with Gasteiger partial charge in [-0.3, -0.25) is 0 Å². The van der Waals surface area contributed by atoms with E-state index in [0.717, 1.165) is 0 Å². The molecule has 0 spiro atoms. The number of fused-ring (bicyclic) bond motifs is 1. The van der Waals surface area contributed by atoms with Gasteiger partial charge in [-0.25, -0.2) is 14.2 Å². The molecule has 132 valence electrons. The Hall–Kier alpha value is -3.02. The third kappa shape index (κ3) is 3.28. The first kappa shape index (κ1) is 16.8. The fourth-order valence-corrected chi connectivity index (χ4v) is 2.90. The van der Waals surface area contributed by atoms with Gasteiger partial charge >= 0.3 is 10.0 Å². The molecule has 11 nitrogen and oxygen atoms in total. The predicted molar refractivity (Wildman–Crippen MR) is 86.2 cm³/mol. The zero-order chi connectivity index (χ0) is 18.2. The van der Waals surface area contributed by atoms with Crippen LogP contribution in [0.1, 0.15) is 11.4 Å². The van der Waals surface area contributed by atoms with Gasteiger partial charge in [0, 0.05) is 11.4 Å². The van der Waals surface area contributed by atoms with Gasteiger partial charge in [-0.1, -0.05) is 0 Å². The highest BCUT2D eigenvalue weighted by molar-refractivity contribution is 7.92. The maximum atomic E-state index is 12.5. The molecule has 25 heavy (non-hydrogen) atoms. The monoisotopic (exact) mass is 365 g/mol. The summed E-state index contributed by atoms with van der Waals surface area (Å²) in [6, 6.07) is 3.18. The van der Waals surface area contributed by atoms with Crippen LogP contribution >= 0.6 is 0 Å². The molecule has 0 bridgehead atoms. The van der Waals surface area contributed by atoms with Crippen molar-refractivity contribution in [3.63, 3.8) is 0 Å². The van der Waals surface area contributed by atoms with E-state index in [1.807, 2.05) is 0 Å². The lowest BCUT2D eigenvalue weighted by Crippen LogP contribution is -2.17. The van der Waals surface area contributed by atoms with Crippen LogP contribution in [0.2, 0.25) is 0 Å². The van der Waals surface area contributed by atoms with Crippen LogP contribution in [0.4, 0.5) is 5.95 Å². The summed E-state index contributed by atoms with van der Waals surface area (Å²) in [5, 5.41) is 3.54. The first-order valence-electron chi connectivity index (χ1n) is 7.03. The molecule has 0 aliphatic rings. The van der Waals surface area contributed by atoms with Crippen molar-refractivity contribution in [3.05, 3.63) is 23.5 Å². The van der Waals surface area contributed by atoms with Crippen LogP contribution in [0.15, 0.2) is 17.3 Å². The first-order valence-corrected chi connectivity index (χ1v) is 8.51. The molecule has 0 fully saturated rings. The Bertz CT molecular complexity index is 1030. The highest BCUT2D eigenvalue weighted by Crippen LogP contribution is 2.19. The van der Waals surface area contributed by atoms with E-state index in [1.54, 1.807) is 19.9 Å². The molecule has 0 amide bonds. The summed E-state index contributed by atoms with van der Waals surface area (Å²) in [6.45, 7) is 3.56. The van der Waals surface area contributed by atoms with Crippen LogP contribution < -0.4 is 14.2 Å². The van der Waals surface area contributed by atoms with Crippen molar-refractivity contribution in [2.45, 2.75) is 19.0 Å². The van der Waals surface area contributed by atoms with Crippen molar-refractivity contribution >= 4 is 21.7 Å². The number of aromatic nitrogens is 6. The first-order chi connectivity index (χ1) is 11.8. The fourth-order valence-electron chi connectivity index (χ4n) is 2.09. The molecule has 0 unspecified atom stereocenters. The minimum atomic E-state index is -4.12. The van der Waals surface area contributed by atoms with Gasteiger partial charge in [0.1, 0.15) is 0 Å². The Morgan fingerprint density at radius 3 is 2.24 bits per heavy atom. The maximum absolute atomic E-state index is 12.5. The molecule has 0 aliphatic carbocycles. The van der Waals surface area contributed by atoms with Gasteiger partial charge in [0.2, 0.25) is 17.7 Å². The molecule has 12 heteroatoms. The molecular weight excluding hydrogens is 350 g/mol. The maximum Gasteiger partial charge on any atom is 0.301 e. The molecule has 0 atom stereocenters. The number of hydrogen-bond donors (Lipinski definition) is 1. The van der Waals surface area contributed by atoms with Crippen molar-refractivity contribution in [2.75, 3.05) is 18.9 Å². The number of rotatable bonds is 5. The minimum Gasteiger partial charge on any atom is -0.481 e. The van der Waals surface area contributed by atoms with Crippen LogP contribution in [-0.2, 0) is 10.0 Å². The number of anilines is 1. The van der Waals surface area contributed by atoms with E-state index in [9.17, 15) is 8.42 Å². The van der Waals surface area contributed by atoms with Gasteiger partial charge in [0.25, 0.3) is 10.9 Å². The van der Waals surface area contributed by atoms with E-state index in [4.69, 9.17) is 9.47 Å². The van der Waals surface area contributed by atoms with Crippen LogP contribution in [0.5, 0.6) is 11.8 Å². The van der Waals surface area contributed by atoms with E-state index in [-0.39, 0.29) is 23.5 Å². The molecule has 0 radical (unpaired) electrons. The SMILES string of the molecule is COc1cc(OC)nc(NS(=O)(=O)c2nc3nc(C)cc(C)n3n2)n1.